The third-order valence-electron chi connectivity index (χ3n) is 3.64. The zero-order chi connectivity index (χ0) is 17.3. The largest absolute Gasteiger partial charge is 0.366 e. The molecule has 3 aromatic rings. The summed E-state index contributed by atoms with van der Waals surface area (Å²) >= 11 is 0. The van der Waals surface area contributed by atoms with Gasteiger partial charge in [-0.05, 0) is 36.8 Å². The number of aromatic nitrogens is 2. The van der Waals surface area contributed by atoms with Crippen molar-refractivity contribution in [2.75, 3.05) is 0 Å². The molecule has 0 atom stereocenters. The average Bonchev–Trinajstić information content (AvgIpc) is 2.93. The van der Waals surface area contributed by atoms with Crippen molar-refractivity contribution in [3.8, 4) is 11.3 Å². The molecule has 1 aromatic carbocycles. The number of hydrogen-bond donors (Lipinski definition) is 1. The number of imidazole rings is 1. The highest BCUT2D eigenvalue weighted by atomic mass is 16.6. The molecule has 120 valence electrons. The van der Waals surface area contributed by atoms with Gasteiger partial charge in [0.1, 0.15) is 5.65 Å². The van der Waals surface area contributed by atoms with E-state index in [1.807, 2.05) is 29.7 Å². The second-order valence-electron chi connectivity index (χ2n) is 5.27. The number of pyridine rings is 1. The van der Waals surface area contributed by atoms with E-state index in [2.05, 4.69) is 4.98 Å². The third kappa shape index (κ3) is 2.74. The lowest BCUT2D eigenvalue weighted by atomic mass is 10.1. The van der Waals surface area contributed by atoms with Crippen LogP contribution >= 0.6 is 0 Å². The van der Waals surface area contributed by atoms with E-state index in [0.29, 0.717) is 17.0 Å². The predicted molar refractivity (Wildman–Crippen MR) is 90.2 cm³/mol. The van der Waals surface area contributed by atoms with Crippen molar-refractivity contribution in [1.29, 1.82) is 0 Å². The number of nitro benzene ring substituents is 1. The minimum absolute atomic E-state index is 0.00734. The molecule has 0 saturated heterocycles. The van der Waals surface area contributed by atoms with E-state index in [4.69, 9.17) is 5.73 Å². The van der Waals surface area contributed by atoms with Crippen molar-refractivity contribution >= 4 is 23.3 Å². The van der Waals surface area contributed by atoms with Gasteiger partial charge in [0, 0.05) is 30.0 Å². The van der Waals surface area contributed by atoms with E-state index in [1.54, 1.807) is 18.2 Å². The average molecular weight is 322 g/mol. The number of benzene rings is 1. The van der Waals surface area contributed by atoms with E-state index in [1.165, 1.54) is 18.2 Å². The summed E-state index contributed by atoms with van der Waals surface area (Å²) in [6, 6.07) is 9.93. The van der Waals surface area contributed by atoms with E-state index in [0.717, 1.165) is 11.2 Å². The van der Waals surface area contributed by atoms with Crippen molar-refractivity contribution in [1.82, 2.24) is 9.38 Å². The van der Waals surface area contributed by atoms with Crippen LogP contribution < -0.4 is 5.73 Å². The molecule has 0 aliphatic rings. The zero-order valence-corrected chi connectivity index (χ0v) is 12.8. The Bertz CT molecular complexity index is 971. The number of fused-ring (bicyclic) bond motifs is 1. The fourth-order valence-electron chi connectivity index (χ4n) is 2.50. The van der Waals surface area contributed by atoms with Gasteiger partial charge >= 0.3 is 0 Å². The van der Waals surface area contributed by atoms with Crippen LogP contribution in [0, 0.1) is 17.0 Å². The summed E-state index contributed by atoms with van der Waals surface area (Å²) < 4.78 is 1.85. The van der Waals surface area contributed by atoms with E-state index < -0.39 is 10.8 Å². The molecule has 0 radical (unpaired) electrons. The molecule has 0 aliphatic heterocycles. The highest BCUT2D eigenvalue weighted by molar-refractivity contribution is 5.91. The summed E-state index contributed by atoms with van der Waals surface area (Å²) in [4.78, 5) is 26.1. The fourth-order valence-corrected chi connectivity index (χ4v) is 2.50. The second-order valence-corrected chi connectivity index (χ2v) is 5.27. The molecule has 7 nitrogen and oxygen atoms in total. The van der Waals surface area contributed by atoms with Gasteiger partial charge in [-0.15, -0.1) is 0 Å². The molecular formula is C17H14N4O3. The van der Waals surface area contributed by atoms with Crippen LogP contribution in [0.3, 0.4) is 0 Å². The molecule has 0 bridgehead atoms. The highest BCUT2D eigenvalue weighted by Gasteiger charge is 2.14. The molecule has 2 heterocycles. The van der Waals surface area contributed by atoms with Crippen LogP contribution in [0.1, 0.15) is 11.3 Å². The molecule has 7 heteroatoms. The number of non-ortho nitro benzene ring substituents is 1. The third-order valence-corrected chi connectivity index (χ3v) is 3.64. The fraction of sp³-hybridized carbons (Fsp3) is 0.0588. The van der Waals surface area contributed by atoms with Crippen molar-refractivity contribution < 1.29 is 9.72 Å². The van der Waals surface area contributed by atoms with Gasteiger partial charge in [-0.25, -0.2) is 4.98 Å². The number of nitrogens with zero attached hydrogens (tertiary/aromatic N) is 3. The molecule has 0 unspecified atom stereocenters. The highest BCUT2D eigenvalue weighted by Crippen LogP contribution is 2.28. The Balaban J connectivity index is 2.22. The van der Waals surface area contributed by atoms with Crippen LogP contribution in [-0.2, 0) is 4.79 Å². The summed E-state index contributed by atoms with van der Waals surface area (Å²) in [6.07, 6.45) is 4.70. The van der Waals surface area contributed by atoms with Gasteiger partial charge in [0.05, 0.1) is 16.3 Å². The molecule has 2 N–H and O–H groups in total. The maximum absolute atomic E-state index is 11.1. The van der Waals surface area contributed by atoms with Crippen LogP contribution in [0.2, 0.25) is 0 Å². The number of hydrogen-bond acceptors (Lipinski definition) is 4. The quantitative estimate of drug-likeness (QED) is 0.453. The van der Waals surface area contributed by atoms with E-state index >= 15 is 0 Å². The van der Waals surface area contributed by atoms with Crippen molar-refractivity contribution in [2.45, 2.75) is 6.92 Å². The lowest BCUT2D eigenvalue weighted by molar-refractivity contribution is -0.384. The Labute approximate surface area is 137 Å². The number of carbonyl (C=O) groups excluding carboxylic acids is 1. The summed E-state index contributed by atoms with van der Waals surface area (Å²) in [5.41, 5.74) is 8.94. The number of amides is 1. The molecule has 0 aliphatic carbocycles. The summed E-state index contributed by atoms with van der Waals surface area (Å²) in [6.45, 7) is 1.93. The van der Waals surface area contributed by atoms with Crippen molar-refractivity contribution in [3.05, 3.63) is 70.0 Å². The first-order chi connectivity index (χ1) is 11.5. The van der Waals surface area contributed by atoms with Crippen LogP contribution in [-0.4, -0.2) is 20.2 Å². The molecule has 3 rings (SSSR count). The van der Waals surface area contributed by atoms with Crippen LogP contribution in [0.25, 0.3) is 23.0 Å². The normalized spacial score (nSPS) is 11.2. The maximum Gasteiger partial charge on any atom is 0.269 e. The zero-order valence-electron chi connectivity index (χ0n) is 12.8. The summed E-state index contributed by atoms with van der Waals surface area (Å²) in [5.74, 6) is -0.563. The Morgan fingerprint density at radius 3 is 2.62 bits per heavy atom. The molecule has 0 fully saturated rings. The first kappa shape index (κ1) is 15.4. The van der Waals surface area contributed by atoms with Crippen LogP contribution in [0.15, 0.2) is 48.7 Å². The number of primary amides is 1. The molecular weight excluding hydrogens is 308 g/mol. The van der Waals surface area contributed by atoms with Crippen molar-refractivity contribution in [3.63, 3.8) is 0 Å². The Morgan fingerprint density at radius 1 is 1.29 bits per heavy atom. The van der Waals surface area contributed by atoms with E-state index in [9.17, 15) is 14.9 Å². The smallest absolute Gasteiger partial charge is 0.269 e. The molecule has 1 amide bonds. The van der Waals surface area contributed by atoms with Gasteiger partial charge in [-0.3, -0.25) is 19.3 Å². The van der Waals surface area contributed by atoms with Crippen LogP contribution in [0.4, 0.5) is 5.69 Å². The number of nitrogens with two attached hydrogens (primary N) is 1. The topological polar surface area (TPSA) is 104 Å². The molecule has 2 aromatic heterocycles. The lowest BCUT2D eigenvalue weighted by Crippen LogP contribution is -2.05. The number of nitro groups is 1. The first-order valence-corrected chi connectivity index (χ1v) is 7.17. The molecule has 24 heavy (non-hydrogen) atoms. The Kier molecular flexibility index (Phi) is 3.83. The lowest BCUT2D eigenvalue weighted by Gasteiger charge is -2.01. The van der Waals surface area contributed by atoms with Gasteiger partial charge in [0.2, 0.25) is 5.91 Å². The Hall–Kier alpha value is -3.48. The first-order valence-electron chi connectivity index (χ1n) is 7.17. The van der Waals surface area contributed by atoms with Gasteiger partial charge in [0.15, 0.2) is 0 Å². The standard InChI is InChI=1S/C17H14N4O3/c1-11-3-2-10-20-14(8-9-15(18)22)16(19-17(11)20)12-4-6-13(7-5-12)21(23)24/h2-10H,1H3,(H2,18,22)/b9-8-. The van der Waals surface area contributed by atoms with Gasteiger partial charge in [0.25, 0.3) is 5.69 Å². The van der Waals surface area contributed by atoms with Gasteiger partial charge in [-0.2, -0.15) is 0 Å². The van der Waals surface area contributed by atoms with Gasteiger partial charge in [-0.1, -0.05) is 6.07 Å². The number of aryl methyl sites for hydroxylation is 1. The second kappa shape index (κ2) is 5.96. The number of rotatable bonds is 4. The number of carbonyl (C=O) groups is 1. The van der Waals surface area contributed by atoms with Gasteiger partial charge < -0.3 is 5.73 Å². The van der Waals surface area contributed by atoms with E-state index in [-0.39, 0.29) is 5.69 Å². The summed E-state index contributed by atoms with van der Waals surface area (Å²) in [7, 11) is 0. The minimum atomic E-state index is -0.563. The predicted octanol–water partition coefficient (Wildman–Crippen LogP) is 2.72. The van der Waals surface area contributed by atoms with Crippen molar-refractivity contribution in [2.24, 2.45) is 5.73 Å². The Morgan fingerprint density at radius 2 is 2.00 bits per heavy atom. The SMILES string of the molecule is Cc1cccn2c(/C=C\C(N)=O)c(-c3ccc([N+](=O)[O-])cc3)nc12. The molecule has 0 spiro atoms. The minimum Gasteiger partial charge on any atom is -0.366 e. The summed E-state index contributed by atoms with van der Waals surface area (Å²) in [5, 5.41) is 10.8. The monoisotopic (exact) mass is 322 g/mol. The van der Waals surface area contributed by atoms with Crippen LogP contribution in [0.5, 0.6) is 0 Å². The molecule has 0 saturated carbocycles. The maximum atomic E-state index is 11.1.